The van der Waals surface area contributed by atoms with Gasteiger partial charge in [-0.15, -0.1) is 0 Å². The highest BCUT2D eigenvalue weighted by atomic mass is 19.1. The van der Waals surface area contributed by atoms with Gasteiger partial charge in [0.15, 0.2) is 5.78 Å². The lowest BCUT2D eigenvalue weighted by atomic mass is 10.1. The Balaban J connectivity index is 1.79. The highest BCUT2D eigenvalue weighted by Crippen LogP contribution is 2.19. The summed E-state index contributed by atoms with van der Waals surface area (Å²) < 4.78 is 18.9. The lowest BCUT2D eigenvalue weighted by Gasteiger charge is -2.07. The molecule has 0 fully saturated rings. The van der Waals surface area contributed by atoms with Gasteiger partial charge >= 0.3 is 0 Å². The number of aromatic amines is 1. The van der Waals surface area contributed by atoms with Crippen molar-refractivity contribution in [3.8, 4) is 5.75 Å². The van der Waals surface area contributed by atoms with Crippen molar-refractivity contribution in [1.29, 1.82) is 0 Å². The molecule has 4 heteroatoms. The van der Waals surface area contributed by atoms with E-state index in [-0.39, 0.29) is 18.8 Å². The Bertz CT molecular complexity index is 482. The molecule has 18 heavy (non-hydrogen) atoms. The second-order valence-electron chi connectivity index (χ2n) is 3.94. The van der Waals surface area contributed by atoms with E-state index in [9.17, 15) is 9.18 Å². The van der Waals surface area contributed by atoms with E-state index >= 15 is 0 Å². The number of rotatable bonds is 6. The van der Waals surface area contributed by atoms with Crippen LogP contribution in [0.15, 0.2) is 48.7 Å². The number of para-hydroxylation sites is 1. The average molecular weight is 247 g/mol. The van der Waals surface area contributed by atoms with Crippen molar-refractivity contribution >= 4 is 5.78 Å². The molecule has 0 bridgehead atoms. The molecule has 94 valence electrons. The third kappa shape index (κ3) is 3.45. The van der Waals surface area contributed by atoms with Gasteiger partial charge < -0.3 is 9.72 Å². The first-order valence-corrected chi connectivity index (χ1v) is 5.72. The summed E-state index contributed by atoms with van der Waals surface area (Å²) in [6.45, 7) is -0.106. The average Bonchev–Trinajstić information content (AvgIpc) is 2.91. The van der Waals surface area contributed by atoms with Gasteiger partial charge in [-0.1, -0.05) is 18.2 Å². The zero-order valence-corrected chi connectivity index (χ0v) is 9.80. The van der Waals surface area contributed by atoms with Crippen LogP contribution in [0.1, 0.15) is 18.3 Å². The predicted octanol–water partition coefficient (Wildman–Crippen LogP) is 3.06. The molecule has 0 radical (unpaired) electrons. The molecule has 0 aliphatic rings. The van der Waals surface area contributed by atoms with Crippen LogP contribution in [0.4, 0.5) is 4.39 Å². The summed E-state index contributed by atoms with van der Waals surface area (Å²) in [5.74, 6) is 0.349. The van der Waals surface area contributed by atoms with Gasteiger partial charge in [-0.2, -0.15) is 0 Å². The molecular formula is C14H14FNO2. The van der Waals surface area contributed by atoms with Gasteiger partial charge in [0.2, 0.25) is 0 Å². The third-order valence-electron chi connectivity index (χ3n) is 2.51. The van der Waals surface area contributed by atoms with E-state index in [4.69, 9.17) is 4.74 Å². The third-order valence-corrected chi connectivity index (χ3v) is 2.51. The quantitative estimate of drug-likeness (QED) is 0.852. The van der Waals surface area contributed by atoms with E-state index in [1.165, 1.54) is 0 Å². The molecular weight excluding hydrogens is 233 g/mol. The first-order valence-electron chi connectivity index (χ1n) is 5.72. The van der Waals surface area contributed by atoms with Gasteiger partial charge in [-0.05, 0) is 24.3 Å². The fraction of sp³-hybridized carbons (Fsp3) is 0.214. The number of hydrogen-bond donors (Lipinski definition) is 1. The number of H-pyrrole nitrogens is 1. The summed E-state index contributed by atoms with van der Waals surface area (Å²) in [6, 6.07) is 12.3. The first kappa shape index (κ1) is 12.4. The topological polar surface area (TPSA) is 42.1 Å². The summed E-state index contributed by atoms with van der Waals surface area (Å²) in [6.07, 6.45) is 0.159. The van der Waals surface area contributed by atoms with E-state index < -0.39 is 6.17 Å². The highest BCUT2D eigenvalue weighted by molar-refractivity contribution is 5.80. The number of alkyl halides is 1. The molecule has 0 aliphatic carbocycles. The monoisotopic (exact) mass is 247 g/mol. The summed E-state index contributed by atoms with van der Waals surface area (Å²) in [5, 5.41) is 0. The Labute approximate surface area is 105 Å². The Morgan fingerprint density at radius 2 is 2.00 bits per heavy atom. The van der Waals surface area contributed by atoms with Crippen LogP contribution in [0.2, 0.25) is 0 Å². The van der Waals surface area contributed by atoms with Crippen molar-refractivity contribution in [2.45, 2.75) is 12.6 Å². The summed E-state index contributed by atoms with van der Waals surface area (Å²) in [5.41, 5.74) is 0.420. The van der Waals surface area contributed by atoms with Crippen molar-refractivity contribution < 1.29 is 13.9 Å². The smallest absolute Gasteiger partial charge is 0.173 e. The largest absolute Gasteiger partial charge is 0.486 e. The standard InChI is InChI=1S/C14H14FNO2/c15-13(14-7-4-8-16-14)9-11(17)10-18-12-5-2-1-3-6-12/h1-8,13,16H,9-10H2. The fourth-order valence-corrected chi connectivity index (χ4v) is 1.59. The number of carbonyl (C=O) groups is 1. The van der Waals surface area contributed by atoms with Gasteiger partial charge in [0.25, 0.3) is 0 Å². The molecule has 1 unspecified atom stereocenters. The molecule has 0 spiro atoms. The number of nitrogens with one attached hydrogen (secondary N) is 1. The molecule has 1 atom stereocenters. The summed E-state index contributed by atoms with van der Waals surface area (Å²) in [7, 11) is 0. The lowest BCUT2D eigenvalue weighted by molar-refractivity contribution is -0.122. The first-order chi connectivity index (χ1) is 8.75. The van der Waals surface area contributed by atoms with Crippen LogP contribution in [0.5, 0.6) is 5.75 Å². The van der Waals surface area contributed by atoms with Gasteiger partial charge in [-0.25, -0.2) is 4.39 Å². The van der Waals surface area contributed by atoms with E-state index in [1.807, 2.05) is 18.2 Å². The number of carbonyl (C=O) groups excluding carboxylic acids is 1. The van der Waals surface area contributed by atoms with E-state index in [2.05, 4.69) is 4.98 Å². The van der Waals surface area contributed by atoms with Crippen molar-refractivity contribution in [2.24, 2.45) is 0 Å². The minimum absolute atomic E-state index is 0.106. The lowest BCUT2D eigenvalue weighted by Crippen LogP contribution is -2.13. The number of benzene rings is 1. The maximum Gasteiger partial charge on any atom is 0.173 e. The normalized spacial score (nSPS) is 12.1. The van der Waals surface area contributed by atoms with Crippen molar-refractivity contribution in [3.63, 3.8) is 0 Å². The Hall–Kier alpha value is -2.10. The Morgan fingerprint density at radius 3 is 2.67 bits per heavy atom. The molecule has 1 aromatic heterocycles. The van der Waals surface area contributed by atoms with Crippen molar-refractivity contribution in [3.05, 3.63) is 54.4 Å². The van der Waals surface area contributed by atoms with E-state index in [1.54, 1.807) is 30.5 Å². The maximum atomic E-state index is 13.6. The van der Waals surface area contributed by atoms with Crippen LogP contribution in [0.3, 0.4) is 0 Å². The fourth-order valence-electron chi connectivity index (χ4n) is 1.59. The molecule has 2 aromatic rings. The number of aromatic nitrogens is 1. The second-order valence-corrected chi connectivity index (χ2v) is 3.94. The molecule has 2 rings (SSSR count). The zero-order chi connectivity index (χ0) is 12.8. The minimum Gasteiger partial charge on any atom is -0.486 e. The molecule has 1 N–H and O–H groups in total. The van der Waals surface area contributed by atoms with Crippen LogP contribution in [0, 0.1) is 0 Å². The van der Waals surface area contributed by atoms with Gasteiger partial charge in [0, 0.05) is 18.3 Å². The van der Waals surface area contributed by atoms with Gasteiger partial charge in [-0.3, -0.25) is 4.79 Å². The minimum atomic E-state index is -1.30. The molecule has 0 amide bonds. The Morgan fingerprint density at radius 1 is 1.22 bits per heavy atom. The van der Waals surface area contributed by atoms with Crippen molar-refractivity contribution in [1.82, 2.24) is 4.98 Å². The van der Waals surface area contributed by atoms with Crippen LogP contribution < -0.4 is 4.74 Å². The number of ketones is 1. The molecule has 0 aliphatic heterocycles. The molecule has 0 saturated heterocycles. The number of halogens is 1. The van der Waals surface area contributed by atoms with Crippen LogP contribution >= 0.6 is 0 Å². The number of hydrogen-bond acceptors (Lipinski definition) is 2. The summed E-state index contributed by atoms with van der Waals surface area (Å²) in [4.78, 5) is 14.3. The van der Waals surface area contributed by atoms with E-state index in [0.717, 1.165) is 0 Å². The molecule has 0 saturated carbocycles. The number of Topliss-reactive ketones (excluding diaryl/α,β-unsaturated/α-hetero) is 1. The second kappa shape index (κ2) is 6.00. The van der Waals surface area contributed by atoms with Crippen LogP contribution in [0.25, 0.3) is 0 Å². The van der Waals surface area contributed by atoms with Crippen LogP contribution in [-0.2, 0) is 4.79 Å². The van der Waals surface area contributed by atoms with E-state index in [0.29, 0.717) is 11.4 Å². The van der Waals surface area contributed by atoms with Crippen LogP contribution in [-0.4, -0.2) is 17.4 Å². The number of ether oxygens (including phenoxy) is 1. The maximum absolute atomic E-state index is 13.6. The van der Waals surface area contributed by atoms with Crippen molar-refractivity contribution in [2.75, 3.05) is 6.61 Å². The molecule has 1 heterocycles. The molecule has 1 aromatic carbocycles. The highest BCUT2D eigenvalue weighted by Gasteiger charge is 2.15. The van der Waals surface area contributed by atoms with Gasteiger partial charge in [0.05, 0.1) is 0 Å². The molecule has 3 nitrogen and oxygen atoms in total. The predicted molar refractivity (Wildman–Crippen MR) is 66.2 cm³/mol. The zero-order valence-electron chi connectivity index (χ0n) is 9.80. The Kier molecular flexibility index (Phi) is 4.12. The van der Waals surface area contributed by atoms with Gasteiger partial charge in [0.1, 0.15) is 18.5 Å². The summed E-state index contributed by atoms with van der Waals surface area (Å²) >= 11 is 0. The SMILES string of the molecule is O=C(COc1ccccc1)CC(F)c1ccc[nH]1.